The highest BCUT2D eigenvalue weighted by Gasteiger charge is 2.05. The summed E-state index contributed by atoms with van der Waals surface area (Å²) in [5, 5.41) is 5.66. The molecule has 1 amide bonds. The molecule has 60 valence electrons. The Kier molecular flexibility index (Phi) is 2.05. The van der Waals surface area contributed by atoms with Crippen molar-refractivity contribution in [3.63, 3.8) is 0 Å². The minimum Gasteiger partial charge on any atom is -0.453 e. The Morgan fingerprint density at radius 3 is 2.91 bits per heavy atom. The van der Waals surface area contributed by atoms with Gasteiger partial charge in [0.2, 0.25) is 0 Å². The molecule has 1 rings (SSSR count). The van der Waals surface area contributed by atoms with Crippen LogP contribution in [0, 0.1) is 6.92 Å². The number of rotatable bonds is 1. The molecule has 0 saturated carbocycles. The molecule has 11 heavy (non-hydrogen) atoms. The molecule has 1 aromatic rings. The van der Waals surface area contributed by atoms with Gasteiger partial charge in [-0.3, -0.25) is 0 Å². The summed E-state index contributed by atoms with van der Waals surface area (Å²) in [4.78, 5) is 14.2. The van der Waals surface area contributed by atoms with Crippen LogP contribution in [-0.2, 0) is 4.74 Å². The predicted octanol–water partition coefficient (Wildman–Crippen LogP) is 0.556. The van der Waals surface area contributed by atoms with E-state index in [1.807, 2.05) is 0 Å². The minimum absolute atomic E-state index is 0.0364. The van der Waals surface area contributed by atoms with E-state index in [4.69, 9.17) is 0 Å². The van der Waals surface area contributed by atoms with Gasteiger partial charge in [-0.15, -0.1) is 0 Å². The van der Waals surface area contributed by atoms with Crippen LogP contribution in [0.2, 0.25) is 0 Å². The van der Waals surface area contributed by atoms with Crippen molar-refractivity contribution in [3.05, 3.63) is 5.82 Å². The molecule has 0 aliphatic rings. The largest absolute Gasteiger partial charge is 0.453 e. The maximum atomic E-state index is 10.5. The third-order valence-electron chi connectivity index (χ3n) is 0.922. The molecule has 0 unspecified atom stereocenters. The van der Waals surface area contributed by atoms with E-state index in [-0.39, 0.29) is 6.01 Å². The molecule has 6 nitrogen and oxygen atoms in total. The summed E-state index contributed by atoms with van der Waals surface area (Å²) in [6, 6.07) is 0.0364. The van der Waals surface area contributed by atoms with Gasteiger partial charge in [-0.25, -0.2) is 10.1 Å². The first-order chi connectivity index (χ1) is 5.22. The number of aryl methyl sites for hydroxylation is 1. The number of hydrogen-bond donors (Lipinski definition) is 1. The summed E-state index contributed by atoms with van der Waals surface area (Å²) in [6.45, 7) is 1.64. The van der Waals surface area contributed by atoms with Crippen molar-refractivity contribution in [2.45, 2.75) is 6.92 Å². The van der Waals surface area contributed by atoms with Crippen LogP contribution in [-0.4, -0.2) is 23.3 Å². The van der Waals surface area contributed by atoms with Gasteiger partial charge in [-0.2, -0.15) is 4.98 Å². The number of hydrogen-bond acceptors (Lipinski definition) is 5. The number of carbonyl (C=O) groups is 1. The molecule has 1 N–H and O–H groups in total. The molecule has 6 heteroatoms. The summed E-state index contributed by atoms with van der Waals surface area (Å²) in [6.07, 6.45) is -0.631. The van der Waals surface area contributed by atoms with E-state index in [0.717, 1.165) is 0 Å². The van der Waals surface area contributed by atoms with Gasteiger partial charge in [0.1, 0.15) is 0 Å². The van der Waals surface area contributed by atoms with Crippen molar-refractivity contribution < 1.29 is 14.1 Å². The third-order valence-corrected chi connectivity index (χ3v) is 0.922. The fraction of sp³-hybridized carbons (Fsp3) is 0.400. The van der Waals surface area contributed by atoms with Gasteiger partial charge in [0.05, 0.1) is 7.11 Å². The summed E-state index contributed by atoms with van der Waals surface area (Å²) in [7, 11) is 1.25. The molecule has 0 fully saturated rings. The molecule has 0 radical (unpaired) electrons. The van der Waals surface area contributed by atoms with Crippen LogP contribution in [0.3, 0.4) is 0 Å². The quantitative estimate of drug-likeness (QED) is 0.644. The Balaban J connectivity index is 2.57. The lowest BCUT2D eigenvalue weighted by Gasteiger charge is -1.94. The zero-order valence-corrected chi connectivity index (χ0v) is 6.12. The van der Waals surface area contributed by atoms with E-state index < -0.39 is 6.09 Å². The lowest BCUT2D eigenvalue weighted by molar-refractivity contribution is 0.185. The average molecular weight is 157 g/mol. The molecule has 0 atom stereocenters. The first-order valence-electron chi connectivity index (χ1n) is 2.87. The number of carbonyl (C=O) groups excluding carboxylic acids is 1. The number of nitrogens with one attached hydrogen (secondary N) is 1. The molecular formula is C5H7N3O3. The van der Waals surface area contributed by atoms with Crippen LogP contribution in [0.4, 0.5) is 10.8 Å². The normalized spacial score (nSPS) is 9.27. The summed E-state index contributed by atoms with van der Waals surface area (Å²) < 4.78 is 8.85. The highest BCUT2D eigenvalue weighted by atomic mass is 16.5. The fourth-order valence-electron chi connectivity index (χ4n) is 0.486. The molecule has 0 saturated heterocycles. The Labute approximate surface area is 62.5 Å². The monoisotopic (exact) mass is 157 g/mol. The first kappa shape index (κ1) is 7.52. The lowest BCUT2D eigenvalue weighted by Crippen LogP contribution is -2.10. The minimum atomic E-state index is -0.631. The van der Waals surface area contributed by atoms with Gasteiger partial charge < -0.3 is 9.26 Å². The number of nitrogens with zero attached hydrogens (tertiary/aromatic N) is 2. The molecule has 0 spiro atoms. The van der Waals surface area contributed by atoms with E-state index in [1.54, 1.807) is 6.92 Å². The summed E-state index contributed by atoms with van der Waals surface area (Å²) in [5.74, 6) is 0.455. The second kappa shape index (κ2) is 3.00. The van der Waals surface area contributed by atoms with Gasteiger partial charge in [0.25, 0.3) is 0 Å². The number of anilines is 1. The van der Waals surface area contributed by atoms with Gasteiger partial charge in [0.15, 0.2) is 5.82 Å². The SMILES string of the molecule is COC(=O)Nc1nc(C)no1. The maximum absolute atomic E-state index is 10.5. The van der Waals surface area contributed by atoms with Crippen LogP contribution in [0.15, 0.2) is 4.52 Å². The Hall–Kier alpha value is -1.59. The zero-order chi connectivity index (χ0) is 8.27. The van der Waals surface area contributed by atoms with Crippen molar-refractivity contribution in [1.82, 2.24) is 10.1 Å². The van der Waals surface area contributed by atoms with Gasteiger partial charge in [-0.1, -0.05) is 5.16 Å². The van der Waals surface area contributed by atoms with Crippen LogP contribution in [0.5, 0.6) is 0 Å². The Morgan fingerprint density at radius 1 is 1.73 bits per heavy atom. The Bertz CT molecular complexity index is 257. The molecule has 0 aliphatic carbocycles. The number of ether oxygens (including phenoxy) is 1. The molecule has 0 aliphatic heterocycles. The summed E-state index contributed by atoms with van der Waals surface area (Å²) >= 11 is 0. The second-order valence-corrected chi connectivity index (χ2v) is 1.76. The van der Waals surface area contributed by atoms with Crippen LogP contribution in [0.25, 0.3) is 0 Å². The van der Waals surface area contributed by atoms with E-state index in [9.17, 15) is 4.79 Å². The van der Waals surface area contributed by atoms with Crippen molar-refractivity contribution in [3.8, 4) is 0 Å². The molecule has 0 aromatic carbocycles. The number of amides is 1. The van der Waals surface area contributed by atoms with Gasteiger partial charge in [0, 0.05) is 0 Å². The average Bonchev–Trinajstić information content (AvgIpc) is 2.35. The van der Waals surface area contributed by atoms with Gasteiger partial charge >= 0.3 is 12.1 Å². The second-order valence-electron chi connectivity index (χ2n) is 1.76. The predicted molar refractivity (Wildman–Crippen MR) is 35.1 cm³/mol. The zero-order valence-electron chi connectivity index (χ0n) is 6.12. The van der Waals surface area contributed by atoms with Crippen LogP contribution in [0.1, 0.15) is 5.82 Å². The fourth-order valence-corrected chi connectivity index (χ4v) is 0.486. The van der Waals surface area contributed by atoms with Crippen molar-refractivity contribution in [2.75, 3.05) is 12.4 Å². The highest BCUT2D eigenvalue weighted by molar-refractivity contribution is 5.81. The Morgan fingerprint density at radius 2 is 2.45 bits per heavy atom. The van der Waals surface area contributed by atoms with Crippen molar-refractivity contribution >= 4 is 12.1 Å². The topological polar surface area (TPSA) is 77.2 Å². The van der Waals surface area contributed by atoms with Crippen molar-refractivity contribution in [2.24, 2.45) is 0 Å². The molecule has 1 heterocycles. The highest BCUT2D eigenvalue weighted by Crippen LogP contribution is 2.01. The standard InChI is InChI=1S/C5H7N3O3/c1-3-6-4(11-8-3)7-5(9)10-2/h1-2H3,(H,6,7,8,9). The first-order valence-corrected chi connectivity index (χ1v) is 2.87. The molecular weight excluding hydrogens is 150 g/mol. The lowest BCUT2D eigenvalue weighted by atomic mass is 10.7. The van der Waals surface area contributed by atoms with Crippen molar-refractivity contribution in [1.29, 1.82) is 0 Å². The maximum Gasteiger partial charge on any atom is 0.415 e. The van der Waals surface area contributed by atoms with E-state index in [0.29, 0.717) is 5.82 Å². The molecule has 1 aromatic heterocycles. The van der Waals surface area contributed by atoms with E-state index in [1.165, 1.54) is 7.11 Å². The summed E-state index contributed by atoms with van der Waals surface area (Å²) in [5.41, 5.74) is 0. The van der Waals surface area contributed by atoms with Gasteiger partial charge in [-0.05, 0) is 6.92 Å². The smallest absolute Gasteiger partial charge is 0.415 e. The van der Waals surface area contributed by atoms with E-state index >= 15 is 0 Å². The van der Waals surface area contributed by atoms with E-state index in [2.05, 4.69) is 24.7 Å². The third kappa shape index (κ3) is 1.92. The number of methoxy groups -OCH3 is 1. The van der Waals surface area contributed by atoms with Crippen LogP contribution < -0.4 is 5.32 Å². The van der Waals surface area contributed by atoms with Crippen LogP contribution >= 0.6 is 0 Å². The molecule has 0 bridgehead atoms. The number of aromatic nitrogens is 2.